The third kappa shape index (κ3) is 4.78. The molecule has 0 saturated carbocycles. The highest BCUT2D eigenvalue weighted by molar-refractivity contribution is 6.42. The molecule has 26 heavy (non-hydrogen) atoms. The molecular formula is C19H23Cl2N3O2. The topological polar surface area (TPSA) is 58.4 Å². The quantitative estimate of drug-likeness (QED) is 0.822. The second-order valence-electron chi connectivity index (χ2n) is 6.81. The molecule has 0 spiro atoms. The number of aryl methyl sites for hydroxylation is 2. The molecule has 1 aliphatic heterocycles. The van der Waals surface area contributed by atoms with Crippen LogP contribution < -0.4 is 5.32 Å². The van der Waals surface area contributed by atoms with E-state index in [4.69, 9.17) is 27.6 Å². The summed E-state index contributed by atoms with van der Waals surface area (Å²) in [5.41, 5.74) is 1.49. The van der Waals surface area contributed by atoms with Gasteiger partial charge in [-0.3, -0.25) is 9.69 Å². The van der Waals surface area contributed by atoms with Gasteiger partial charge < -0.3 is 9.73 Å². The van der Waals surface area contributed by atoms with E-state index in [9.17, 15) is 4.79 Å². The number of benzene rings is 1. The van der Waals surface area contributed by atoms with Crippen LogP contribution in [0, 0.1) is 19.8 Å². The normalized spacial score (nSPS) is 16.0. The Kier molecular flexibility index (Phi) is 6.22. The summed E-state index contributed by atoms with van der Waals surface area (Å²) in [6.07, 6.45) is 2.08. The number of carbonyl (C=O) groups excluding carboxylic acids is 1. The first-order valence-electron chi connectivity index (χ1n) is 8.81. The van der Waals surface area contributed by atoms with Crippen molar-refractivity contribution in [2.75, 3.05) is 19.6 Å². The Hall–Kier alpha value is -1.56. The number of hydrogen-bond acceptors (Lipinski definition) is 4. The predicted molar refractivity (Wildman–Crippen MR) is 103 cm³/mol. The molecule has 0 unspecified atom stereocenters. The van der Waals surface area contributed by atoms with E-state index in [1.807, 2.05) is 13.8 Å². The Morgan fingerprint density at radius 2 is 2.00 bits per heavy atom. The van der Waals surface area contributed by atoms with Crippen molar-refractivity contribution >= 4 is 29.1 Å². The number of amides is 1. The largest absolute Gasteiger partial charge is 0.444 e. The maximum atomic E-state index is 12.2. The van der Waals surface area contributed by atoms with Crippen LogP contribution in [0.25, 0.3) is 0 Å². The first kappa shape index (κ1) is 19.2. The van der Waals surface area contributed by atoms with E-state index in [-0.39, 0.29) is 5.91 Å². The second kappa shape index (κ2) is 8.42. The molecule has 1 saturated heterocycles. The van der Waals surface area contributed by atoms with Gasteiger partial charge in [0.05, 0.1) is 22.3 Å². The van der Waals surface area contributed by atoms with Crippen molar-refractivity contribution in [3.8, 4) is 0 Å². The Balaban J connectivity index is 1.43. The average Bonchev–Trinajstić information content (AvgIpc) is 2.94. The number of rotatable bonds is 5. The zero-order chi connectivity index (χ0) is 18.7. The van der Waals surface area contributed by atoms with Gasteiger partial charge in [-0.15, -0.1) is 0 Å². The van der Waals surface area contributed by atoms with Crippen LogP contribution in [-0.2, 0) is 6.54 Å². The molecule has 1 fully saturated rings. The standard InChI is InChI=1S/C19H23Cl2N3O2/c1-12-13(2)26-18(23-12)11-24-7-5-14(6-8-24)10-22-19(25)15-3-4-16(20)17(21)9-15/h3-4,9,14H,5-8,10-11H2,1-2H3,(H,22,25). The molecule has 3 rings (SSSR count). The van der Waals surface area contributed by atoms with Gasteiger partial charge in [0.25, 0.3) is 5.91 Å². The van der Waals surface area contributed by atoms with Gasteiger partial charge in [0, 0.05) is 12.1 Å². The van der Waals surface area contributed by atoms with Crippen molar-refractivity contribution in [3.63, 3.8) is 0 Å². The molecule has 0 aliphatic carbocycles. The average molecular weight is 396 g/mol. The summed E-state index contributed by atoms with van der Waals surface area (Å²) in [4.78, 5) is 19.0. The van der Waals surface area contributed by atoms with Crippen molar-refractivity contribution in [1.29, 1.82) is 0 Å². The third-order valence-corrected chi connectivity index (χ3v) is 5.61. The maximum absolute atomic E-state index is 12.2. The SMILES string of the molecule is Cc1nc(CN2CCC(CNC(=O)c3ccc(Cl)c(Cl)c3)CC2)oc1C. The van der Waals surface area contributed by atoms with Crippen molar-refractivity contribution < 1.29 is 9.21 Å². The number of nitrogens with zero attached hydrogens (tertiary/aromatic N) is 2. The van der Waals surface area contributed by atoms with Gasteiger partial charge in [-0.1, -0.05) is 23.2 Å². The smallest absolute Gasteiger partial charge is 0.251 e. The lowest BCUT2D eigenvalue weighted by Gasteiger charge is -2.31. The summed E-state index contributed by atoms with van der Waals surface area (Å²) < 4.78 is 5.66. The summed E-state index contributed by atoms with van der Waals surface area (Å²) in [5, 5.41) is 3.84. The molecule has 1 aliphatic rings. The first-order chi connectivity index (χ1) is 12.4. The van der Waals surface area contributed by atoms with Gasteiger partial charge in [0.1, 0.15) is 5.76 Å². The van der Waals surface area contributed by atoms with E-state index >= 15 is 0 Å². The molecule has 0 atom stereocenters. The summed E-state index contributed by atoms with van der Waals surface area (Å²) in [6, 6.07) is 4.93. The van der Waals surface area contributed by atoms with Crippen molar-refractivity contribution in [3.05, 3.63) is 51.2 Å². The van der Waals surface area contributed by atoms with Crippen molar-refractivity contribution in [1.82, 2.24) is 15.2 Å². The van der Waals surface area contributed by atoms with Gasteiger partial charge in [-0.05, 0) is 63.9 Å². The highest BCUT2D eigenvalue weighted by atomic mass is 35.5. The molecule has 2 heterocycles. The van der Waals surface area contributed by atoms with E-state index in [0.717, 1.165) is 49.8 Å². The van der Waals surface area contributed by atoms with Crippen molar-refractivity contribution in [2.24, 2.45) is 5.92 Å². The zero-order valence-electron chi connectivity index (χ0n) is 15.0. The third-order valence-electron chi connectivity index (χ3n) is 4.87. The molecule has 1 aromatic carbocycles. The molecule has 1 N–H and O–H groups in total. The van der Waals surface area contributed by atoms with Gasteiger partial charge in [-0.25, -0.2) is 4.98 Å². The van der Waals surface area contributed by atoms with Crippen LogP contribution in [0.3, 0.4) is 0 Å². The maximum Gasteiger partial charge on any atom is 0.251 e. The number of aromatic nitrogens is 1. The minimum Gasteiger partial charge on any atom is -0.444 e. The zero-order valence-corrected chi connectivity index (χ0v) is 16.5. The van der Waals surface area contributed by atoms with E-state index in [0.29, 0.717) is 28.1 Å². The number of nitrogens with one attached hydrogen (secondary N) is 1. The van der Waals surface area contributed by atoms with Crippen molar-refractivity contribution in [2.45, 2.75) is 33.2 Å². The van der Waals surface area contributed by atoms with Gasteiger partial charge >= 0.3 is 0 Å². The fourth-order valence-electron chi connectivity index (χ4n) is 3.12. The Bertz CT molecular complexity index is 764. The monoisotopic (exact) mass is 395 g/mol. The molecule has 1 aromatic heterocycles. The lowest BCUT2D eigenvalue weighted by atomic mass is 9.96. The Labute approximate surface area is 163 Å². The van der Waals surface area contributed by atoms with E-state index in [1.165, 1.54) is 0 Å². The van der Waals surface area contributed by atoms with Crippen LogP contribution >= 0.6 is 23.2 Å². The number of halogens is 2. The van der Waals surface area contributed by atoms with Crippen LogP contribution in [0.4, 0.5) is 0 Å². The summed E-state index contributed by atoms with van der Waals surface area (Å²) >= 11 is 11.9. The van der Waals surface area contributed by atoms with E-state index < -0.39 is 0 Å². The molecule has 2 aromatic rings. The second-order valence-corrected chi connectivity index (χ2v) is 7.62. The fourth-order valence-corrected chi connectivity index (χ4v) is 3.42. The lowest BCUT2D eigenvalue weighted by molar-refractivity contribution is 0.0934. The summed E-state index contributed by atoms with van der Waals surface area (Å²) in [5.74, 6) is 2.04. The summed E-state index contributed by atoms with van der Waals surface area (Å²) in [6.45, 7) is 7.28. The number of hydrogen-bond donors (Lipinski definition) is 1. The number of carbonyl (C=O) groups is 1. The molecule has 5 nitrogen and oxygen atoms in total. The van der Waals surface area contributed by atoms with Gasteiger partial charge in [-0.2, -0.15) is 0 Å². The van der Waals surface area contributed by atoms with Crippen LogP contribution in [0.2, 0.25) is 10.0 Å². The molecule has 1 amide bonds. The molecule has 0 radical (unpaired) electrons. The predicted octanol–water partition coefficient (Wildman–Crippen LogP) is 4.24. The number of piperidine rings is 1. The van der Waals surface area contributed by atoms with Crippen LogP contribution in [0.1, 0.15) is 40.5 Å². The van der Waals surface area contributed by atoms with E-state index in [1.54, 1.807) is 18.2 Å². The minimum atomic E-state index is -0.114. The molecular weight excluding hydrogens is 373 g/mol. The molecule has 7 heteroatoms. The number of likely N-dealkylation sites (tertiary alicyclic amines) is 1. The molecule has 0 bridgehead atoms. The fraction of sp³-hybridized carbons (Fsp3) is 0.474. The Morgan fingerprint density at radius 3 is 2.62 bits per heavy atom. The Morgan fingerprint density at radius 1 is 1.27 bits per heavy atom. The highest BCUT2D eigenvalue weighted by Crippen LogP contribution is 2.23. The molecule has 140 valence electrons. The van der Waals surface area contributed by atoms with E-state index in [2.05, 4.69) is 15.2 Å². The lowest BCUT2D eigenvalue weighted by Crippen LogP contribution is -2.38. The first-order valence-corrected chi connectivity index (χ1v) is 9.56. The van der Waals surface area contributed by atoms with Crippen LogP contribution in [0.15, 0.2) is 22.6 Å². The minimum absolute atomic E-state index is 0.114. The highest BCUT2D eigenvalue weighted by Gasteiger charge is 2.21. The number of oxazole rings is 1. The summed E-state index contributed by atoms with van der Waals surface area (Å²) in [7, 11) is 0. The van der Waals surface area contributed by atoms with Crippen LogP contribution in [-0.4, -0.2) is 35.4 Å². The van der Waals surface area contributed by atoms with Crippen LogP contribution in [0.5, 0.6) is 0 Å². The van der Waals surface area contributed by atoms with Gasteiger partial charge in [0.2, 0.25) is 5.89 Å². The van der Waals surface area contributed by atoms with Gasteiger partial charge in [0.15, 0.2) is 0 Å².